The summed E-state index contributed by atoms with van der Waals surface area (Å²) in [6, 6.07) is 17.1. The molecule has 0 fully saturated rings. The highest BCUT2D eigenvalue weighted by atomic mass is 16.5. The van der Waals surface area contributed by atoms with Gasteiger partial charge < -0.3 is 10.1 Å². The normalized spacial score (nSPS) is 10.1. The Balaban J connectivity index is 1.87. The van der Waals surface area contributed by atoms with E-state index in [-0.39, 0.29) is 11.7 Å². The van der Waals surface area contributed by atoms with E-state index in [1.54, 1.807) is 74.0 Å². The Morgan fingerprint density at radius 1 is 0.920 bits per heavy atom. The minimum absolute atomic E-state index is 0.176. The van der Waals surface area contributed by atoms with E-state index in [1.165, 1.54) is 6.20 Å². The second-order valence-electron chi connectivity index (χ2n) is 5.30. The van der Waals surface area contributed by atoms with Crippen molar-refractivity contribution in [3.63, 3.8) is 0 Å². The number of ether oxygens (including phenoxy) is 1. The monoisotopic (exact) mass is 332 g/mol. The molecule has 0 unspecified atom stereocenters. The quantitative estimate of drug-likeness (QED) is 0.725. The highest BCUT2D eigenvalue weighted by Crippen LogP contribution is 2.21. The van der Waals surface area contributed by atoms with E-state index in [0.717, 1.165) is 0 Å². The molecule has 1 N–H and O–H groups in total. The molecule has 1 heterocycles. The number of para-hydroxylation sites is 1. The molecule has 25 heavy (non-hydrogen) atoms. The first-order valence-electron chi connectivity index (χ1n) is 7.68. The van der Waals surface area contributed by atoms with Gasteiger partial charge in [-0.2, -0.15) is 0 Å². The van der Waals surface area contributed by atoms with E-state index in [0.29, 0.717) is 28.1 Å². The molecule has 0 atom stereocenters. The largest absolute Gasteiger partial charge is 0.497 e. The zero-order valence-corrected chi connectivity index (χ0v) is 13.6. The molecule has 5 nitrogen and oxygen atoms in total. The van der Waals surface area contributed by atoms with Crippen LogP contribution in [0.2, 0.25) is 0 Å². The molecule has 0 aliphatic heterocycles. The molecule has 5 heteroatoms. The molecular formula is C20H16N2O3. The number of carbonyl (C=O) groups is 2. The number of carbonyl (C=O) groups excluding carboxylic acids is 2. The van der Waals surface area contributed by atoms with Crippen molar-refractivity contribution < 1.29 is 14.3 Å². The Bertz CT molecular complexity index is 890. The van der Waals surface area contributed by atoms with Crippen LogP contribution in [0.5, 0.6) is 5.75 Å². The molecule has 2 aromatic carbocycles. The minimum Gasteiger partial charge on any atom is -0.497 e. The molecule has 3 aromatic rings. The van der Waals surface area contributed by atoms with Crippen molar-refractivity contribution in [2.45, 2.75) is 0 Å². The summed E-state index contributed by atoms with van der Waals surface area (Å²) < 4.78 is 5.11. The van der Waals surface area contributed by atoms with Gasteiger partial charge in [0.2, 0.25) is 0 Å². The Kier molecular flexibility index (Phi) is 4.85. The number of nitrogens with zero attached hydrogens (tertiary/aromatic N) is 1. The summed E-state index contributed by atoms with van der Waals surface area (Å²) in [4.78, 5) is 29.0. The van der Waals surface area contributed by atoms with E-state index >= 15 is 0 Å². The highest BCUT2D eigenvalue weighted by molar-refractivity contribution is 6.15. The number of aromatic nitrogens is 1. The third-order valence-electron chi connectivity index (χ3n) is 3.70. The molecule has 1 aromatic heterocycles. The lowest BCUT2D eigenvalue weighted by Gasteiger charge is -2.10. The lowest BCUT2D eigenvalue weighted by atomic mass is 10.0. The SMILES string of the molecule is COc1ccc(C(=O)c2ccccc2NC(=O)c2cccnc2)cc1. The van der Waals surface area contributed by atoms with Crippen molar-refractivity contribution in [2.24, 2.45) is 0 Å². The fourth-order valence-electron chi connectivity index (χ4n) is 2.38. The fourth-order valence-corrected chi connectivity index (χ4v) is 2.38. The second-order valence-corrected chi connectivity index (χ2v) is 5.30. The number of rotatable bonds is 5. The zero-order valence-electron chi connectivity index (χ0n) is 13.6. The number of ketones is 1. The Morgan fingerprint density at radius 3 is 2.36 bits per heavy atom. The summed E-state index contributed by atoms with van der Waals surface area (Å²) >= 11 is 0. The van der Waals surface area contributed by atoms with Crippen LogP contribution >= 0.6 is 0 Å². The third kappa shape index (κ3) is 3.72. The molecular weight excluding hydrogens is 316 g/mol. The van der Waals surface area contributed by atoms with Crippen molar-refractivity contribution in [3.8, 4) is 5.75 Å². The molecule has 124 valence electrons. The van der Waals surface area contributed by atoms with E-state index in [1.807, 2.05) is 0 Å². The van der Waals surface area contributed by atoms with Crippen LogP contribution in [0.3, 0.4) is 0 Å². The van der Waals surface area contributed by atoms with Gasteiger partial charge in [0.05, 0.1) is 18.4 Å². The summed E-state index contributed by atoms with van der Waals surface area (Å²) in [7, 11) is 1.57. The maximum atomic E-state index is 12.8. The van der Waals surface area contributed by atoms with Crippen LogP contribution < -0.4 is 10.1 Å². The van der Waals surface area contributed by atoms with Crippen LogP contribution in [-0.4, -0.2) is 23.8 Å². The predicted octanol–water partition coefficient (Wildman–Crippen LogP) is 3.57. The maximum Gasteiger partial charge on any atom is 0.257 e. The number of amides is 1. The Morgan fingerprint density at radius 2 is 1.68 bits per heavy atom. The van der Waals surface area contributed by atoms with Crippen molar-refractivity contribution in [1.82, 2.24) is 4.98 Å². The summed E-state index contributed by atoms with van der Waals surface area (Å²) in [5.41, 5.74) is 1.82. The van der Waals surface area contributed by atoms with Crippen molar-refractivity contribution in [2.75, 3.05) is 12.4 Å². The Hall–Kier alpha value is -3.47. The van der Waals surface area contributed by atoms with E-state index in [9.17, 15) is 9.59 Å². The van der Waals surface area contributed by atoms with Gasteiger partial charge in [0.1, 0.15) is 5.75 Å². The van der Waals surface area contributed by atoms with Crippen molar-refractivity contribution in [1.29, 1.82) is 0 Å². The Labute approximate surface area is 145 Å². The minimum atomic E-state index is -0.317. The van der Waals surface area contributed by atoms with Gasteiger partial charge in [-0.3, -0.25) is 14.6 Å². The number of pyridine rings is 1. The first-order valence-corrected chi connectivity index (χ1v) is 7.68. The number of benzene rings is 2. The van der Waals surface area contributed by atoms with E-state index in [4.69, 9.17) is 4.74 Å². The van der Waals surface area contributed by atoms with Crippen molar-refractivity contribution >= 4 is 17.4 Å². The lowest BCUT2D eigenvalue weighted by Crippen LogP contribution is -2.15. The van der Waals surface area contributed by atoms with Gasteiger partial charge >= 0.3 is 0 Å². The van der Waals surface area contributed by atoms with Crippen LogP contribution in [0.25, 0.3) is 0 Å². The average Bonchev–Trinajstić information content (AvgIpc) is 2.68. The summed E-state index contributed by atoms with van der Waals surface area (Å²) in [6.45, 7) is 0. The smallest absolute Gasteiger partial charge is 0.257 e. The second kappa shape index (κ2) is 7.40. The van der Waals surface area contributed by atoms with Gasteiger partial charge in [0.15, 0.2) is 5.78 Å². The zero-order chi connectivity index (χ0) is 17.6. The van der Waals surface area contributed by atoms with Gasteiger partial charge in [-0.05, 0) is 48.5 Å². The topological polar surface area (TPSA) is 68.3 Å². The van der Waals surface area contributed by atoms with Gasteiger partial charge in [-0.15, -0.1) is 0 Å². The van der Waals surface area contributed by atoms with Crippen LogP contribution in [0.15, 0.2) is 73.1 Å². The molecule has 0 aliphatic carbocycles. The van der Waals surface area contributed by atoms with Crippen molar-refractivity contribution in [3.05, 3.63) is 89.7 Å². The predicted molar refractivity (Wildman–Crippen MR) is 95.1 cm³/mol. The summed E-state index contributed by atoms with van der Waals surface area (Å²) in [5.74, 6) is 0.183. The number of nitrogens with one attached hydrogen (secondary N) is 1. The summed E-state index contributed by atoms with van der Waals surface area (Å²) in [6.07, 6.45) is 3.07. The first kappa shape index (κ1) is 16.4. The van der Waals surface area contributed by atoms with Crippen LogP contribution in [0.1, 0.15) is 26.3 Å². The standard InChI is InChI=1S/C20H16N2O3/c1-25-16-10-8-14(9-11-16)19(23)17-6-2-3-7-18(17)22-20(24)15-5-4-12-21-13-15/h2-13H,1H3,(H,22,24). The number of anilines is 1. The van der Waals surface area contributed by atoms with Crippen LogP contribution in [0.4, 0.5) is 5.69 Å². The van der Waals surface area contributed by atoms with Gasteiger partial charge in [-0.1, -0.05) is 12.1 Å². The highest BCUT2D eigenvalue weighted by Gasteiger charge is 2.15. The molecule has 0 aliphatic rings. The van der Waals surface area contributed by atoms with E-state index in [2.05, 4.69) is 10.3 Å². The maximum absolute atomic E-state index is 12.8. The number of methoxy groups -OCH3 is 1. The average molecular weight is 332 g/mol. The van der Waals surface area contributed by atoms with Gasteiger partial charge in [0, 0.05) is 23.5 Å². The van der Waals surface area contributed by atoms with Gasteiger partial charge in [0.25, 0.3) is 5.91 Å². The molecule has 0 radical (unpaired) electrons. The molecule has 0 saturated heterocycles. The summed E-state index contributed by atoms with van der Waals surface area (Å²) in [5, 5.41) is 2.78. The third-order valence-corrected chi connectivity index (χ3v) is 3.70. The fraction of sp³-hybridized carbons (Fsp3) is 0.0500. The number of hydrogen-bond donors (Lipinski definition) is 1. The number of hydrogen-bond acceptors (Lipinski definition) is 4. The van der Waals surface area contributed by atoms with E-state index < -0.39 is 0 Å². The first-order chi connectivity index (χ1) is 12.2. The lowest BCUT2D eigenvalue weighted by molar-refractivity contribution is 0.102. The molecule has 0 spiro atoms. The van der Waals surface area contributed by atoms with Gasteiger partial charge in [-0.25, -0.2) is 0 Å². The molecule has 0 bridgehead atoms. The molecule has 3 rings (SSSR count). The van der Waals surface area contributed by atoms with Crippen LogP contribution in [-0.2, 0) is 0 Å². The molecule has 1 amide bonds. The van der Waals surface area contributed by atoms with Crippen LogP contribution in [0, 0.1) is 0 Å². The molecule has 0 saturated carbocycles.